The van der Waals surface area contributed by atoms with Gasteiger partial charge in [0.1, 0.15) is 5.82 Å². The zero-order valence-electron chi connectivity index (χ0n) is 9.76. The highest BCUT2D eigenvalue weighted by Crippen LogP contribution is 2.13. The van der Waals surface area contributed by atoms with Crippen LogP contribution >= 0.6 is 0 Å². The van der Waals surface area contributed by atoms with Crippen LogP contribution in [0.15, 0.2) is 18.2 Å². The van der Waals surface area contributed by atoms with Crippen LogP contribution in [0.2, 0.25) is 0 Å². The Morgan fingerprint density at radius 2 is 2.19 bits per heavy atom. The van der Waals surface area contributed by atoms with Crippen molar-refractivity contribution in [2.24, 2.45) is 5.92 Å². The van der Waals surface area contributed by atoms with E-state index in [0.717, 1.165) is 30.6 Å². The highest BCUT2D eigenvalue weighted by molar-refractivity contribution is 5.37. The Labute approximate surface area is 96.3 Å². The highest BCUT2D eigenvalue weighted by atomic mass is 19.1. The minimum Gasteiger partial charge on any atom is -0.304 e. The lowest BCUT2D eigenvalue weighted by molar-refractivity contribution is 0.177. The van der Waals surface area contributed by atoms with Crippen LogP contribution in [0.25, 0.3) is 0 Å². The molecule has 0 saturated carbocycles. The molecule has 0 aromatic heterocycles. The predicted molar refractivity (Wildman–Crippen MR) is 63.6 cm³/mol. The number of aryl methyl sites for hydroxylation is 1. The maximum Gasteiger partial charge on any atom is 0.127 e. The molecule has 0 amide bonds. The summed E-state index contributed by atoms with van der Waals surface area (Å²) in [7, 11) is 2.08. The summed E-state index contributed by atoms with van der Waals surface area (Å²) in [6.45, 7) is 4.01. The van der Waals surface area contributed by atoms with Gasteiger partial charge in [0.2, 0.25) is 0 Å². The van der Waals surface area contributed by atoms with E-state index in [4.69, 9.17) is 0 Å². The summed E-state index contributed by atoms with van der Waals surface area (Å²) < 4.78 is 13.5. The summed E-state index contributed by atoms with van der Waals surface area (Å²) in [6, 6.07) is 5.26. The third kappa shape index (κ3) is 2.43. The van der Waals surface area contributed by atoms with Gasteiger partial charge in [-0.15, -0.1) is 0 Å². The van der Waals surface area contributed by atoms with E-state index in [1.807, 2.05) is 19.1 Å². The summed E-state index contributed by atoms with van der Waals surface area (Å²) in [5.74, 6) is 6.53. The van der Waals surface area contributed by atoms with E-state index in [2.05, 4.69) is 23.8 Å². The Kier molecular flexibility index (Phi) is 3.26. The Hall–Kier alpha value is -1.33. The van der Waals surface area contributed by atoms with Crippen LogP contribution in [0.5, 0.6) is 0 Å². The minimum atomic E-state index is -0.139. The monoisotopic (exact) mass is 217 g/mol. The van der Waals surface area contributed by atoms with Crippen molar-refractivity contribution in [3.63, 3.8) is 0 Å². The Morgan fingerprint density at radius 3 is 2.75 bits per heavy atom. The molecule has 1 heterocycles. The summed E-state index contributed by atoms with van der Waals surface area (Å²) in [4.78, 5) is 2.22. The Bertz CT molecular complexity index is 436. The Balaban J connectivity index is 2.07. The van der Waals surface area contributed by atoms with Gasteiger partial charge in [0.25, 0.3) is 0 Å². The molecule has 16 heavy (non-hydrogen) atoms. The standard InChI is InChI=1S/C14H16FN/c1-3-13-7-6-11(8-14(13)15)4-5-12-9-16(2)10-12/h6-8,12H,3,9-10H2,1-2H3. The summed E-state index contributed by atoms with van der Waals surface area (Å²) in [5, 5.41) is 0. The molecule has 0 radical (unpaired) electrons. The molecular weight excluding hydrogens is 201 g/mol. The van der Waals surface area contributed by atoms with E-state index in [9.17, 15) is 4.39 Å². The first-order valence-corrected chi connectivity index (χ1v) is 5.67. The molecule has 0 atom stereocenters. The number of hydrogen-bond donors (Lipinski definition) is 0. The van der Waals surface area contributed by atoms with Crippen molar-refractivity contribution in [3.8, 4) is 11.8 Å². The first-order valence-electron chi connectivity index (χ1n) is 5.67. The van der Waals surface area contributed by atoms with Crippen molar-refractivity contribution >= 4 is 0 Å². The molecule has 2 rings (SSSR count). The SMILES string of the molecule is CCc1ccc(C#CC2CN(C)C2)cc1F. The molecule has 0 unspecified atom stereocenters. The normalized spacial score (nSPS) is 16.4. The maximum absolute atomic E-state index is 13.5. The van der Waals surface area contributed by atoms with E-state index in [0.29, 0.717) is 5.92 Å². The van der Waals surface area contributed by atoms with Crippen LogP contribution in [0.4, 0.5) is 4.39 Å². The van der Waals surface area contributed by atoms with Crippen LogP contribution in [0.3, 0.4) is 0 Å². The molecular formula is C14H16FN. The Morgan fingerprint density at radius 1 is 1.44 bits per heavy atom. The largest absolute Gasteiger partial charge is 0.304 e. The van der Waals surface area contributed by atoms with Crippen molar-refractivity contribution in [2.45, 2.75) is 13.3 Å². The molecule has 2 heteroatoms. The molecule has 1 nitrogen and oxygen atoms in total. The van der Waals surface area contributed by atoms with Crippen LogP contribution < -0.4 is 0 Å². The maximum atomic E-state index is 13.5. The van der Waals surface area contributed by atoms with Crippen molar-refractivity contribution in [2.75, 3.05) is 20.1 Å². The number of hydrogen-bond acceptors (Lipinski definition) is 1. The third-order valence-corrected chi connectivity index (χ3v) is 2.92. The molecule has 1 aliphatic rings. The molecule has 0 N–H and O–H groups in total. The van der Waals surface area contributed by atoms with Gasteiger partial charge in [0.15, 0.2) is 0 Å². The van der Waals surface area contributed by atoms with Crippen molar-refractivity contribution in [1.29, 1.82) is 0 Å². The van der Waals surface area contributed by atoms with Crippen LogP contribution in [-0.4, -0.2) is 25.0 Å². The lowest BCUT2D eigenvalue weighted by Gasteiger charge is -2.32. The average molecular weight is 217 g/mol. The van der Waals surface area contributed by atoms with Gasteiger partial charge in [0.05, 0.1) is 0 Å². The van der Waals surface area contributed by atoms with Crippen LogP contribution in [-0.2, 0) is 6.42 Å². The van der Waals surface area contributed by atoms with Crippen molar-refractivity contribution < 1.29 is 4.39 Å². The number of halogens is 1. The third-order valence-electron chi connectivity index (χ3n) is 2.92. The lowest BCUT2D eigenvalue weighted by Crippen LogP contribution is -2.42. The fraction of sp³-hybridized carbons (Fsp3) is 0.429. The van der Waals surface area contributed by atoms with E-state index in [1.165, 1.54) is 6.07 Å². The van der Waals surface area contributed by atoms with Gasteiger partial charge in [0, 0.05) is 24.6 Å². The zero-order chi connectivity index (χ0) is 11.5. The molecule has 1 aromatic carbocycles. The van der Waals surface area contributed by atoms with Gasteiger partial charge < -0.3 is 4.90 Å². The number of nitrogens with zero attached hydrogens (tertiary/aromatic N) is 1. The lowest BCUT2D eigenvalue weighted by atomic mass is 10.0. The molecule has 0 spiro atoms. The van der Waals surface area contributed by atoms with E-state index >= 15 is 0 Å². The van der Waals surface area contributed by atoms with Gasteiger partial charge in [-0.1, -0.05) is 24.8 Å². The predicted octanol–water partition coefficient (Wildman–Crippen LogP) is 2.30. The quantitative estimate of drug-likeness (QED) is 0.652. The molecule has 0 aliphatic carbocycles. The molecule has 84 valence electrons. The topological polar surface area (TPSA) is 3.24 Å². The number of benzene rings is 1. The molecule has 1 aromatic rings. The molecule has 1 fully saturated rings. The van der Waals surface area contributed by atoms with E-state index in [-0.39, 0.29) is 5.82 Å². The summed E-state index contributed by atoms with van der Waals surface area (Å²) in [6.07, 6.45) is 0.729. The smallest absolute Gasteiger partial charge is 0.127 e. The second-order valence-corrected chi connectivity index (χ2v) is 4.35. The van der Waals surface area contributed by atoms with Gasteiger partial charge >= 0.3 is 0 Å². The second-order valence-electron chi connectivity index (χ2n) is 4.35. The summed E-state index contributed by atoms with van der Waals surface area (Å²) in [5.41, 5.74) is 1.54. The first kappa shape index (κ1) is 11.2. The first-order chi connectivity index (χ1) is 7.69. The van der Waals surface area contributed by atoms with Crippen LogP contribution in [0, 0.1) is 23.6 Å². The fourth-order valence-corrected chi connectivity index (χ4v) is 1.89. The summed E-state index contributed by atoms with van der Waals surface area (Å²) >= 11 is 0. The van der Waals surface area contributed by atoms with Crippen LogP contribution in [0.1, 0.15) is 18.1 Å². The van der Waals surface area contributed by atoms with Crippen molar-refractivity contribution in [3.05, 3.63) is 35.1 Å². The van der Waals surface area contributed by atoms with Gasteiger partial charge in [-0.05, 0) is 31.2 Å². The zero-order valence-corrected chi connectivity index (χ0v) is 9.76. The molecule has 0 bridgehead atoms. The van der Waals surface area contributed by atoms with E-state index in [1.54, 1.807) is 0 Å². The van der Waals surface area contributed by atoms with Gasteiger partial charge in [-0.3, -0.25) is 0 Å². The van der Waals surface area contributed by atoms with Crippen molar-refractivity contribution in [1.82, 2.24) is 4.90 Å². The van der Waals surface area contributed by atoms with Gasteiger partial charge in [-0.2, -0.15) is 0 Å². The molecule has 1 aliphatic heterocycles. The highest BCUT2D eigenvalue weighted by Gasteiger charge is 2.20. The average Bonchev–Trinajstić information content (AvgIpc) is 2.23. The van der Waals surface area contributed by atoms with Gasteiger partial charge in [-0.25, -0.2) is 4.39 Å². The minimum absolute atomic E-state index is 0.139. The molecule has 1 saturated heterocycles. The number of likely N-dealkylation sites (tertiary alicyclic amines) is 1. The van der Waals surface area contributed by atoms with E-state index < -0.39 is 0 Å². The second kappa shape index (κ2) is 4.67. The fourth-order valence-electron chi connectivity index (χ4n) is 1.89. The number of rotatable bonds is 1.